The molecule has 0 radical (unpaired) electrons. The summed E-state index contributed by atoms with van der Waals surface area (Å²) in [4.78, 5) is 33.1. The second-order valence-electron chi connectivity index (χ2n) is 7.44. The number of carbonyl (C=O) groups is 2. The van der Waals surface area contributed by atoms with Crippen LogP contribution in [0.5, 0.6) is 0 Å². The van der Waals surface area contributed by atoms with Gasteiger partial charge in [-0.25, -0.2) is 4.98 Å². The van der Waals surface area contributed by atoms with Crippen molar-refractivity contribution in [2.75, 3.05) is 20.6 Å². The van der Waals surface area contributed by atoms with Gasteiger partial charge < -0.3 is 9.80 Å². The fraction of sp³-hybridized carbons (Fsp3) is 0.450. The van der Waals surface area contributed by atoms with Gasteiger partial charge in [0.2, 0.25) is 5.91 Å². The molecule has 1 aliphatic heterocycles. The average Bonchev–Trinajstić information content (AvgIpc) is 3.29. The quantitative estimate of drug-likeness (QED) is 0.835. The van der Waals surface area contributed by atoms with Gasteiger partial charge in [0.25, 0.3) is 5.91 Å². The number of hydrogen-bond donors (Lipinski definition) is 0. The third-order valence-corrected chi connectivity index (χ3v) is 6.69. The predicted octanol–water partition coefficient (Wildman–Crippen LogP) is 3.14. The fourth-order valence-corrected chi connectivity index (χ4v) is 5.04. The molecule has 4 rings (SSSR count). The first-order valence-corrected chi connectivity index (χ1v) is 9.93. The van der Waals surface area contributed by atoms with Gasteiger partial charge in [0.1, 0.15) is 10.7 Å². The van der Waals surface area contributed by atoms with E-state index in [1.54, 1.807) is 0 Å². The monoisotopic (exact) mass is 369 g/mol. The number of likely N-dealkylation sites (tertiary alicyclic amines) is 1. The number of fused-ring (bicyclic) bond motifs is 1. The van der Waals surface area contributed by atoms with Crippen molar-refractivity contribution < 1.29 is 9.59 Å². The zero-order valence-electron chi connectivity index (χ0n) is 15.1. The van der Waals surface area contributed by atoms with Gasteiger partial charge in [0, 0.05) is 44.0 Å². The Morgan fingerprint density at radius 1 is 1.23 bits per heavy atom. The van der Waals surface area contributed by atoms with Crippen LogP contribution >= 0.6 is 11.3 Å². The zero-order valence-corrected chi connectivity index (χ0v) is 15.9. The van der Waals surface area contributed by atoms with E-state index >= 15 is 0 Å². The molecule has 1 aliphatic carbocycles. The molecule has 26 heavy (non-hydrogen) atoms. The van der Waals surface area contributed by atoms with Crippen LogP contribution in [-0.4, -0.2) is 53.3 Å². The minimum absolute atomic E-state index is 0.0215. The van der Waals surface area contributed by atoms with E-state index in [-0.39, 0.29) is 17.9 Å². The van der Waals surface area contributed by atoms with E-state index in [4.69, 9.17) is 0 Å². The van der Waals surface area contributed by atoms with Gasteiger partial charge in [-0.15, -0.1) is 11.3 Å². The Hall–Kier alpha value is -2.21. The van der Waals surface area contributed by atoms with Crippen molar-refractivity contribution in [3.63, 3.8) is 0 Å². The summed E-state index contributed by atoms with van der Waals surface area (Å²) in [7, 11) is 3.75. The van der Waals surface area contributed by atoms with Gasteiger partial charge in [-0.3, -0.25) is 9.59 Å². The molecule has 2 aromatic rings. The molecule has 0 unspecified atom stereocenters. The van der Waals surface area contributed by atoms with Crippen molar-refractivity contribution in [2.45, 2.75) is 25.3 Å². The first kappa shape index (κ1) is 17.2. The second-order valence-corrected chi connectivity index (χ2v) is 8.30. The molecule has 1 saturated carbocycles. The molecule has 1 aromatic carbocycles. The van der Waals surface area contributed by atoms with Crippen molar-refractivity contribution in [3.05, 3.63) is 41.4 Å². The van der Waals surface area contributed by atoms with E-state index < -0.39 is 0 Å². The van der Waals surface area contributed by atoms with Crippen LogP contribution in [0.25, 0.3) is 10.6 Å². The molecule has 2 aliphatic rings. The number of carbonyl (C=O) groups excluding carboxylic acids is 2. The summed E-state index contributed by atoms with van der Waals surface area (Å²) in [5.74, 6) is 1.13. The maximum atomic E-state index is 12.9. The summed E-state index contributed by atoms with van der Waals surface area (Å²) in [6, 6.07) is 10.1. The molecule has 0 N–H and O–H groups in total. The Morgan fingerprint density at radius 2 is 1.96 bits per heavy atom. The smallest absolute Gasteiger partial charge is 0.273 e. The lowest BCUT2D eigenvalue weighted by Gasteiger charge is -2.31. The van der Waals surface area contributed by atoms with Crippen LogP contribution in [0, 0.1) is 11.8 Å². The molecular weight excluding hydrogens is 346 g/mol. The molecule has 0 bridgehead atoms. The number of nitrogens with zero attached hydrogens (tertiary/aromatic N) is 3. The number of hydrogen-bond acceptors (Lipinski definition) is 4. The highest BCUT2D eigenvalue weighted by atomic mass is 32.1. The minimum Gasteiger partial charge on any atom is -0.345 e. The molecule has 1 aromatic heterocycles. The van der Waals surface area contributed by atoms with Gasteiger partial charge in [0.05, 0.1) is 0 Å². The molecule has 2 fully saturated rings. The summed E-state index contributed by atoms with van der Waals surface area (Å²) < 4.78 is 0. The molecule has 136 valence electrons. The summed E-state index contributed by atoms with van der Waals surface area (Å²) in [6.45, 7) is 0.816. The third kappa shape index (κ3) is 3.14. The molecule has 3 atom stereocenters. The van der Waals surface area contributed by atoms with Crippen molar-refractivity contribution >= 4 is 23.2 Å². The molecule has 1 saturated heterocycles. The maximum absolute atomic E-state index is 12.9. The highest BCUT2D eigenvalue weighted by Gasteiger charge is 2.42. The lowest BCUT2D eigenvalue weighted by molar-refractivity contribution is -0.134. The Kier molecular flexibility index (Phi) is 4.53. The number of aromatic nitrogens is 1. The summed E-state index contributed by atoms with van der Waals surface area (Å²) in [5.41, 5.74) is 1.55. The third-order valence-electron chi connectivity index (χ3n) is 5.80. The van der Waals surface area contributed by atoms with Crippen LogP contribution in [0.3, 0.4) is 0 Å². The summed E-state index contributed by atoms with van der Waals surface area (Å²) in [5, 5.41) is 2.72. The Labute approximate surface area is 157 Å². The van der Waals surface area contributed by atoms with Crippen LogP contribution in [-0.2, 0) is 4.79 Å². The van der Waals surface area contributed by atoms with Gasteiger partial charge in [-0.1, -0.05) is 30.3 Å². The molecule has 2 amide bonds. The van der Waals surface area contributed by atoms with E-state index in [0.717, 1.165) is 30.0 Å². The number of rotatable bonds is 3. The number of thiazole rings is 1. The Morgan fingerprint density at radius 3 is 2.73 bits per heavy atom. The number of amides is 2. The lowest BCUT2D eigenvalue weighted by Crippen LogP contribution is -2.40. The van der Waals surface area contributed by atoms with Crippen molar-refractivity contribution in [3.8, 4) is 10.6 Å². The number of benzene rings is 1. The van der Waals surface area contributed by atoms with Crippen molar-refractivity contribution in [1.82, 2.24) is 14.8 Å². The molecule has 5 nitrogen and oxygen atoms in total. The minimum atomic E-state index is -0.0215. The molecule has 0 spiro atoms. The van der Waals surface area contributed by atoms with Crippen molar-refractivity contribution in [1.29, 1.82) is 0 Å². The fourth-order valence-electron chi connectivity index (χ4n) is 4.24. The number of piperidine rings is 1. The van der Waals surface area contributed by atoms with Gasteiger partial charge in [0.15, 0.2) is 0 Å². The van der Waals surface area contributed by atoms with Gasteiger partial charge in [-0.2, -0.15) is 0 Å². The maximum Gasteiger partial charge on any atom is 0.273 e. The van der Waals surface area contributed by atoms with E-state index in [2.05, 4.69) is 4.98 Å². The Balaban J connectivity index is 1.46. The van der Waals surface area contributed by atoms with Crippen molar-refractivity contribution in [2.24, 2.45) is 11.8 Å². The molecular formula is C20H23N3O2S. The van der Waals surface area contributed by atoms with Gasteiger partial charge >= 0.3 is 0 Å². The van der Waals surface area contributed by atoms with E-state index in [1.807, 2.05) is 59.6 Å². The lowest BCUT2D eigenvalue weighted by atomic mass is 9.88. The Bertz CT molecular complexity index is 819. The normalized spacial score (nSPS) is 25.2. The zero-order chi connectivity index (χ0) is 18.3. The first-order valence-electron chi connectivity index (χ1n) is 9.05. The summed E-state index contributed by atoms with van der Waals surface area (Å²) in [6.07, 6.45) is 2.51. The van der Waals surface area contributed by atoms with E-state index in [9.17, 15) is 9.59 Å². The summed E-state index contributed by atoms with van der Waals surface area (Å²) >= 11 is 1.50. The highest BCUT2D eigenvalue weighted by Crippen LogP contribution is 2.40. The SMILES string of the molecule is CN1C[C@@H]2C[C@H](N(C)C(=O)c3csc(-c4ccccc4)n3)C[C@@H]2CC1=O. The average molecular weight is 369 g/mol. The van der Waals surface area contributed by atoms with E-state index in [1.165, 1.54) is 11.3 Å². The van der Waals surface area contributed by atoms with Crippen LogP contribution in [0.4, 0.5) is 0 Å². The molecule has 6 heteroatoms. The van der Waals surface area contributed by atoms with Crippen LogP contribution in [0.15, 0.2) is 35.7 Å². The second kappa shape index (κ2) is 6.83. The predicted molar refractivity (Wildman–Crippen MR) is 102 cm³/mol. The van der Waals surface area contributed by atoms with Crippen LogP contribution < -0.4 is 0 Å². The topological polar surface area (TPSA) is 53.5 Å². The first-order chi connectivity index (χ1) is 12.5. The standard InChI is InChI=1S/C20H23N3O2S/c1-22-11-15-9-16(8-14(15)10-18(22)24)23(2)20(25)17-12-26-19(21-17)13-6-4-3-5-7-13/h3-7,12,14-16H,8-11H2,1-2H3/t14-,15+,16-/m1/s1. The van der Waals surface area contributed by atoms with Gasteiger partial charge in [-0.05, 0) is 24.7 Å². The highest BCUT2D eigenvalue weighted by molar-refractivity contribution is 7.13. The molecule has 2 heterocycles. The largest absolute Gasteiger partial charge is 0.345 e. The van der Waals surface area contributed by atoms with E-state index in [0.29, 0.717) is 24.0 Å². The van der Waals surface area contributed by atoms with Crippen LogP contribution in [0.2, 0.25) is 0 Å². The van der Waals surface area contributed by atoms with Crippen LogP contribution in [0.1, 0.15) is 29.8 Å².